The van der Waals surface area contributed by atoms with Gasteiger partial charge in [0.25, 0.3) is 17.5 Å². The van der Waals surface area contributed by atoms with Gasteiger partial charge in [0.1, 0.15) is 11.7 Å². The summed E-state index contributed by atoms with van der Waals surface area (Å²) >= 11 is 1.45. The molecule has 0 aliphatic carbocycles. The van der Waals surface area contributed by atoms with Crippen molar-refractivity contribution < 1.29 is 34.8 Å². The van der Waals surface area contributed by atoms with Crippen molar-refractivity contribution >= 4 is 45.1 Å². The molecule has 36 heavy (non-hydrogen) atoms. The van der Waals surface area contributed by atoms with E-state index in [1.807, 2.05) is 30.3 Å². The molecule has 3 aromatic carbocycles. The molecule has 0 saturated carbocycles. The Morgan fingerprint density at radius 3 is 2.42 bits per heavy atom. The zero-order valence-corrected chi connectivity index (χ0v) is 20.4. The number of thioether (sulfide) groups is 1. The van der Waals surface area contributed by atoms with Crippen LogP contribution in [0.2, 0.25) is 0 Å². The summed E-state index contributed by atoms with van der Waals surface area (Å²) in [6.45, 7) is 0.150. The van der Waals surface area contributed by atoms with Gasteiger partial charge in [0.05, 0.1) is 13.2 Å². The van der Waals surface area contributed by atoms with E-state index in [1.165, 1.54) is 11.8 Å². The molecule has 3 fully saturated rings. The van der Waals surface area contributed by atoms with Gasteiger partial charge in [-0.15, -0.1) is 11.8 Å². The van der Waals surface area contributed by atoms with Crippen LogP contribution in [0.4, 0.5) is 0 Å². The zero-order valence-electron chi connectivity index (χ0n) is 19.6. The highest BCUT2D eigenvalue weighted by atomic mass is 32.2. The number of ether oxygens (including phenoxy) is 1. The first-order valence-corrected chi connectivity index (χ1v) is 12.7. The van der Waals surface area contributed by atoms with Crippen molar-refractivity contribution in [3.8, 4) is 0 Å². The summed E-state index contributed by atoms with van der Waals surface area (Å²) in [6.07, 6.45) is -1.78. The van der Waals surface area contributed by atoms with Crippen LogP contribution < -0.4 is 10.6 Å². The Hall–Kier alpha value is -2.73. The van der Waals surface area contributed by atoms with Crippen LogP contribution in [-0.2, 0) is 14.3 Å². The van der Waals surface area contributed by atoms with Crippen LogP contribution in [0.3, 0.4) is 0 Å². The van der Waals surface area contributed by atoms with E-state index in [2.05, 4.69) is 34.9 Å². The number of aliphatic hydroxyl groups excluding tert-OH is 2. The van der Waals surface area contributed by atoms with Crippen LogP contribution in [0, 0.1) is 5.92 Å². The Balaban J connectivity index is 1.37. The Kier molecular flexibility index (Phi) is 6.22. The lowest BCUT2D eigenvalue weighted by atomic mass is 9.83. The zero-order chi connectivity index (χ0) is 25.7. The molecule has 3 aliphatic rings. The van der Waals surface area contributed by atoms with E-state index in [9.17, 15) is 30.0 Å². The van der Waals surface area contributed by atoms with Gasteiger partial charge < -0.3 is 35.8 Å². The lowest BCUT2D eigenvalue weighted by molar-refractivity contribution is -0.240. The molecule has 3 saturated heterocycles. The van der Waals surface area contributed by atoms with Gasteiger partial charge in [0, 0.05) is 16.6 Å². The van der Waals surface area contributed by atoms with E-state index in [1.54, 1.807) is 0 Å². The van der Waals surface area contributed by atoms with Crippen molar-refractivity contribution in [1.29, 1.82) is 0 Å². The number of fused-ring (bicyclic) bond motifs is 7. The van der Waals surface area contributed by atoms with Gasteiger partial charge in [0.2, 0.25) is 5.72 Å². The minimum Gasteiger partial charge on any atom is -0.393 e. The molecule has 3 aromatic rings. The van der Waals surface area contributed by atoms with E-state index < -0.39 is 47.5 Å². The number of amides is 2. The first-order chi connectivity index (χ1) is 17.1. The minimum atomic E-state index is -2.34. The number of benzene rings is 3. The Morgan fingerprint density at radius 2 is 1.72 bits per heavy atom. The highest BCUT2D eigenvalue weighted by molar-refractivity contribution is 7.99. The normalized spacial score (nSPS) is 28.8. The second-order valence-electron chi connectivity index (χ2n) is 9.68. The predicted molar refractivity (Wildman–Crippen MR) is 134 cm³/mol. The summed E-state index contributed by atoms with van der Waals surface area (Å²) in [4.78, 5) is 27.0. The highest BCUT2D eigenvalue weighted by Crippen LogP contribution is 2.37. The summed E-state index contributed by atoms with van der Waals surface area (Å²) in [6, 6.07) is 18.4. The maximum absolute atomic E-state index is 13.0. The van der Waals surface area contributed by atoms with E-state index in [4.69, 9.17) is 4.74 Å². The van der Waals surface area contributed by atoms with Gasteiger partial charge >= 0.3 is 0 Å². The summed E-state index contributed by atoms with van der Waals surface area (Å²) in [7, 11) is 0. The molecule has 0 spiro atoms. The first-order valence-electron chi connectivity index (χ1n) is 11.7. The molecule has 6 rings (SSSR count). The number of aliphatic hydroxyl groups is 4. The first kappa shape index (κ1) is 24.9. The highest BCUT2D eigenvalue weighted by Gasteiger charge is 2.64. The lowest BCUT2D eigenvalue weighted by Crippen LogP contribution is -2.83. The van der Waals surface area contributed by atoms with E-state index in [0.717, 1.165) is 33.4 Å². The van der Waals surface area contributed by atoms with E-state index >= 15 is 0 Å². The molecule has 3 aliphatic heterocycles. The van der Waals surface area contributed by atoms with Crippen molar-refractivity contribution in [1.82, 2.24) is 10.6 Å². The summed E-state index contributed by atoms with van der Waals surface area (Å²) in [5.41, 5.74) is -6.71. The second kappa shape index (κ2) is 8.98. The van der Waals surface area contributed by atoms with E-state index in [0.29, 0.717) is 5.75 Å². The Morgan fingerprint density at radius 1 is 1.06 bits per heavy atom. The van der Waals surface area contributed by atoms with Crippen molar-refractivity contribution in [2.24, 2.45) is 5.92 Å². The molecule has 2 bridgehead atoms. The number of nitrogens with one attached hydrogen (secondary N) is 2. The molecular weight excluding hydrogens is 484 g/mol. The third-order valence-electron chi connectivity index (χ3n) is 7.10. The molecule has 3 heterocycles. The third-order valence-corrected chi connectivity index (χ3v) is 8.25. The fourth-order valence-corrected chi connectivity index (χ4v) is 5.98. The third kappa shape index (κ3) is 4.03. The molecule has 0 aromatic heterocycles. The van der Waals surface area contributed by atoms with Crippen LogP contribution in [0.1, 0.15) is 13.3 Å². The van der Waals surface area contributed by atoms with E-state index in [-0.39, 0.29) is 13.0 Å². The number of carbonyl (C=O) groups is 2. The quantitative estimate of drug-likeness (QED) is 0.210. The van der Waals surface area contributed by atoms with Crippen molar-refractivity contribution in [2.75, 3.05) is 19.0 Å². The Labute approximate surface area is 211 Å². The van der Waals surface area contributed by atoms with Gasteiger partial charge in [0.15, 0.2) is 0 Å². The summed E-state index contributed by atoms with van der Waals surface area (Å²) in [5, 5.41) is 50.7. The fraction of sp³-hybridized carbons (Fsp3) is 0.385. The number of hydrogen-bond donors (Lipinski definition) is 6. The predicted octanol–water partition coefficient (Wildman–Crippen LogP) is 0.857. The number of carbonyl (C=O) groups excluding carboxylic acids is 2. The minimum absolute atomic E-state index is 0.0798. The SMILES string of the molecule is C[C@](O)(CO)[C@H](O)[C@@]12NC(=O)[C@@](O)(NC1=O)C(CSc1ccc3cc4ccccc4cc3c1)CCO2. The molecule has 10 heteroatoms. The molecular formula is C26H28N2O7S. The number of piperazine rings is 1. The van der Waals surface area contributed by atoms with Crippen LogP contribution >= 0.6 is 11.8 Å². The van der Waals surface area contributed by atoms with Gasteiger partial charge in [-0.25, -0.2) is 0 Å². The van der Waals surface area contributed by atoms with Gasteiger partial charge in [-0.05, 0) is 59.2 Å². The molecule has 1 unspecified atom stereocenters. The smallest absolute Gasteiger partial charge is 0.278 e. The Bertz CT molecular complexity index is 1350. The standard InChI is InChI=1S/C26H28N2O7S/c1-24(33,14-29)21(30)26-23(32)27-25(34,22(31)28-26)19(8-9-35-26)13-36-20-7-6-17-10-15-4-2-3-5-16(15)11-18(17)12-20/h2-7,10-12,19,21,29-30,33-34H,8-9,13-14H2,1H3,(H,27,32)(H,28,31)/t19?,21-,24-,25+,26-/m0/s1. The monoisotopic (exact) mass is 512 g/mol. The fourth-order valence-electron chi connectivity index (χ4n) is 4.81. The molecule has 0 radical (unpaired) electrons. The number of rotatable bonds is 6. The van der Waals surface area contributed by atoms with Crippen LogP contribution in [0.25, 0.3) is 21.5 Å². The van der Waals surface area contributed by atoms with Gasteiger partial charge in [-0.3, -0.25) is 9.59 Å². The van der Waals surface area contributed by atoms with Crippen molar-refractivity contribution in [2.45, 2.75) is 41.4 Å². The average Bonchev–Trinajstić information content (AvgIpc) is 2.86. The summed E-state index contributed by atoms with van der Waals surface area (Å²) in [5.74, 6) is -2.35. The topological polar surface area (TPSA) is 148 Å². The maximum Gasteiger partial charge on any atom is 0.278 e. The molecule has 2 amide bonds. The van der Waals surface area contributed by atoms with Crippen molar-refractivity contribution in [3.05, 3.63) is 54.6 Å². The van der Waals surface area contributed by atoms with Gasteiger partial charge in [-0.1, -0.05) is 30.3 Å². The molecule has 190 valence electrons. The molecule has 9 nitrogen and oxygen atoms in total. The maximum atomic E-state index is 13.0. The largest absolute Gasteiger partial charge is 0.393 e. The molecule has 5 atom stereocenters. The van der Waals surface area contributed by atoms with Crippen LogP contribution in [0.5, 0.6) is 0 Å². The lowest BCUT2D eigenvalue weighted by Gasteiger charge is -2.51. The van der Waals surface area contributed by atoms with Gasteiger partial charge in [-0.2, -0.15) is 0 Å². The average molecular weight is 513 g/mol. The molecule has 6 N–H and O–H groups in total. The van der Waals surface area contributed by atoms with Crippen molar-refractivity contribution in [3.63, 3.8) is 0 Å². The van der Waals surface area contributed by atoms with Crippen LogP contribution in [-0.4, -0.2) is 74.4 Å². The second-order valence-corrected chi connectivity index (χ2v) is 10.8. The number of hydrogen-bond acceptors (Lipinski definition) is 8. The summed E-state index contributed by atoms with van der Waals surface area (Å²) < 4.78 is 5.63. The van der Waals surface area contributed by atoms with Crippen LogP contribution in [0.15, 0.2) is 59.5 Å².